The van der Waals surface area contributed by atoms with Crippen LogP contribution in [0.15, 0.2) is 12.7 Å². The molecular formula is C15H26OS2Si. The minimum atomic E-state index is -1.49. The SMILES string of the molecule is C=C[C@@]12CCC[C@]1(O[Si](C)(C)C)CC21SCCCS1. The molecule has 0 N–H and O–H groups in total. The van der Waals surface area contributed by atoms with Crippen molar-refractivity contribution in [2.24, 2.45) is 5.41 Å². The van der Waals surface area contributed by atoms with Crippen LogP contribution in [0.3, 0.4) is 0 Å². The molecule has 1 nitrogen and oxygen atoms in total. The number of rotatable bonds is 3. The van der Waals surface area contributed by atoms with E-state index in [1.165, 1.54) is 43.6 Å². The first kappa shape index (κ1) is 14.5. The first-order valence-corrected chi connectivity index (χ1v) is 12.9. The molecule has 3 fully saturated rings. The third-order valence-corrected chi connectivity index (χ3v) is 9.62. The molecule has 108 valence electrons. The third kappa shape index (κ3) is 1.93. The van der Waals surface area contributed by atoms with Gasteiger partial charge in [0, 0.05) is 11.8 Å². The zero-order valence-corrected chi connectivity index (χ0v) is 15.1. The van der Waals surface area contributed by atoms with Gasteiger partial charge in [0.25, 0.3) is 0 Å². The van der Waals surface area contributed by atoms with Crippen molar-refractivity contribution >= 4 is 31.8 Å². The summed E-state index contributed by atoms with van der Waals surface area (Å²) in [6, 6.07) is 0. The summed E-state index contributed by atoms with van der Waals surface area (Å²) in [6.07, 6.45) is 8.78. The minimum absolute atomic E-state index is 0.135. The highest BCUT2D eigenvalue weighted by atomic mass is 32.2. The molecule has 0 amide bonds. The zero-order chi connectivity index (χ0) is 13.8. The van der Waals surface area contributed by atoms with Gasteiger partial charge in [-0.15, -0.1) is 30.1 Å². The molecule has 0 unspecified atom stereocenters. The summed E-state index contributed by atoms with van der Waals surface area (Å²) in [4.78, 5) is 0. The smallest absolute Gasteiger partial charge is 0.184 e. The normalized spacial score (nSPS) is 40.8. The fourth-order valence-corrected chi connectivity index (χ4v) is 10.2. The Bertz CT molecular complexity index is 386. The van der Waals surface area contributed by atoms with Gasteiger partial charge in [0.1, 0.15) is 0 Å². The van der Waals surface area contributed by atoms with Crippen LogP contribution >= 0.6 is 23.5 Å². The average molecular weight is 315 g/mol. The standard InChI is InChI=1S/C15H26OS2Si/c1-5-13-8-6-9-14(13,16-19(2,3)4)12-15(13)17-10-7-11-18-15/h5H,1,6-12H2,2-4H3/t13-,14+/m1/s1. The van der Waals surface area contributed by atoms with E-state index in [0.717, 1.165) is 0 Å². The van der Waals surface area contributed by atoms with Crippen LogP contribution in [0.25, 0.3) is 0 Å². The molecule has 0 bridgehead atoms. The fourth-order valence-electron chi connectivity index (χ4n) is 4.46. The van der Waals surface area contributed by atoms with Crippen LogP contribution in [-0.2, 0) is 4.43 Å². The molecule has 0 aromatic heterocycles. The Morgan fingerprint density at radius 1 is 1.11 bits per heavy atom. The summed E-state index contributed by atoms with van der Waals surface area (Å²) >= 11 is 4.41. The van der Waals surface area contributed by atoms with Crippen molar-refractivity contribution in [2.45, 2.75) is 61.4 Å². The van der Waals surface area contributed by atoms with Gasteiger partial charge >= 0.3 is 0 Å². The lowest BCUT2D eigenvalue weighted by Crippen LogP contribution is -2.71. The van der Waals surface area contributed by atoms with Crippen LogP contribution in [0.2, 0.25) is 19.6 Å². The predicted octanol–water partition coefficient (Wildman–Crippen LogP) is 4.90. The average Bonchev–Trinajstić information content (AvgIpc) is 2.61. The Morgan fingerprint density at radius 3 is 2.37 bits per heavy atom. The van der Waals surface area contributed by atoms with E-state index in [9.17, 15) is 0 Å². The molecule has 1 aliphatic heterocycles. The van der Waals surface area contributed by atoms with Gasteiger partial charge in [0.2, 0.25) is 0 Å². The zero-order valence-electron chi connectivity index (χ0n) is 12.5. The Hall–Kier alpha value is 0.617. The summed E-state index contributed by atoms with van der Waals surface area (Å²) in [5, 5.41) is 0. The Labute approximate surface area is 127 Å². The Balaban J connectivity index is 1.93. The monoisotopic (exact) mass is 314 g/mol. The van der Waals surface area contributed by atoms with Crippen molar-refractivity contribution in [1.82, 2.24) is 0 Å². The van der Waals surface area contributed by atoms with E-state index >= 15 is 0 Å². The Kier molecular flexibility index (Phi) is 3.49. The third-order valence-electron chi connectivity index (χ3n) is 4.97. The van der Waals surface area contributed by atoms with Crippen LogP contribution in [0, 0.1) is 5.41 Å². The molecule has 0 aromatic rings. The number of thioether (sulfide) groups is 2. The van der Waals surface area contributed by atoms with E-state index in [1.807, 2.05) is 0 Å². The molecule has 4 heteroatoms. The van der Waals surface area contributed by atoms with E-state index in [2.05, 4.69) is 55.8 Å². The van der Waals surface area contributed by atoms with Gasteiger partial charge in [0.15, 0.2) is 8.32 Å². The van der Waals surface area contributed by atoms with Crippen molar-refractivity contribution in [3.8, 4) is 0 Å². The lowest BCUT2D eigenvalue weighted by atomic mass is 9.57. The molecule has 0 radical (unpaired) electrons. The molecule has 2 saturated carbocycles. The topological polar surface area (TPSA) is 9.23 Å². The maximum atomic E-state index is 6.75. The summed E-state index contributed by atoms with van der Waals surface area (Å²) in [7, 11) is -1.49. The minimum Gasteiger partial charge on any atom is -0.411 e. The van der Waals surface area contributed by atoms with E-state index < -0.39 is 8.32 Å². The van der Waals surface area contributed by atoms with E-state index in [4.69, 9.17) is 4.43 Å². The fraction of sp³-hybridized carbons (Fsp3) is 0.867. The van der Waals surface area contributed by atoms with E-state index in [0.29, 0.717) is 4.08 Å². The molecule has 3 aliphatic rings. The Morgan fingerprint density at radius 2 is 1.79 bits per heavy atom. The van der Waals surface area contributed by atoms with Gasteiger partial charge in [-0.2, -0.15) is 0 Å². The van der Waals surface area contributed by atoms with Gasteiger partial charge in [0.05, 0.1) is 9.68 Å². The highest BCUT2D eigenvalue weighted by molar-refractivity contribution is 8.19. The highest BCUT2D eigenvalue weighted by Gasteiger charge is 2.75. The molecule has 2 aliphatic carbocycles. The van der Waals surface area contributed by atoms with Crippen molar-refractivity contribution in [2.75, 3.05) is 11.5 Å². The first-order valence-electron chi connectivity index (χ1n) is 7.50. The van der Waals surface area contributed by atoms with Crippen LogP contribution in [-0.4, -0.2) is 29.5 Å². The van der Waals surface area contributed by atoms with Gasteiger partial charge in [-0.25, -0.2) is 0 Å². The summed E-state index contributed by atoms with van der Waals surface area (Å²) in [5.74, 6) is 2.65. The molecule has 2 atom stereocenters. The van der Waals surface area contributed by atoms with Gasteiger partial charge < -0.3 is 4.43 Å². The van der Waals surface area contributed by atoms with Crippen molar-refractivity contribution in [3.63, 3.8) is 0 Å². The van der Waals surface area contributed by atoms with Gasteiger partial charge in [-0.3, -0.25) is 0 Å². The predicted molar refractivity (Wildman–Crippen MR) is 90.5 cm³/mol. The van der Waals surface area contributed by atoms with E-state index in [-0.39, 0.29) is 11.0 Å². The molecular weight excluding hydrogens is 288 g/mol. The van der Waals surface area contributed by atoms with Crippen LogP contribution in [0.5, 0.6) is 0 Å². The molecule has 1 spiro atoms. The van der Waals surface area contributed by atoms with Gasteiger partial charge in [-0.1, -0.05) is 6.08 Å². The van der Waals surface area contributed by atoms with Crippen molar-refractivity contribution < 1.29 is 4.43 Å². The van der Waals surface area contributed by atoms with Crippen molar-refractivity contribution in [1.29, 1.82) is 0 Å². The van der Waals surface area contributed by atoms with E-state index in [1.54, 1.807) is 0 Å². The summed E-state index contributed by atoms with van der Waals surface area (Å²) in [6.45, 7) is 11.2. The molecule has 3 rings (SSSR count). The number of fused-ring (bicyclic) bond motifs is 2. The quantitative estimate of drug-likeness (QED) is 0.541. The number of hydrogen-bond acceptors (Lipinski definition) is 3. The largest absolute Gasteiger partial charge is 0.411 e. The lowest BCUT2D eigenvalue weighted by molar-refractivity contribution is -0.104. The second kappa shape index (κ2) is 4.55. The molecule has 19 heavy (non-hydrogen) atoms. The van der Waals surface area contributed by atoms with Crippen LogP contribution in [0.1, 0.15) is 32.1 Å². The lowest BCUT2D eigenvalue weighted by Gasteiger charge is -2.68. The summed E-state index contributed by atoms with van der Waals surface area (Å²) in [5.41, 5.74) is 0.382. The first-order chi connectivity index (χ1) is 8.89. The maximum absolute atomic E-state index is 6.75. The summed E-state index contributed by atoms with van der Waals surface area (Å²) < 4.78 is 7.14. The van der Waals surface area contributed by atoms with Crippen LogP contribution in [0.4, 0.5) is 0 Å². The molecule has 1 saturated heterocycles. The van der Waals surface area contributed by atoms with Crippen LogP contribution < -0.4 is 0 Å². The highest BCUT2D eigenvalue weighted by Crippen LogP contribution is 2.77. The second-order valence-corrected chi connectivity index (χ2v) is 14.7. The molecule has 0 aromatic carbocycles. The van der Waals surface area contributed by atoms with Gasteiger partial charge in [-0.05, 0) is 56.8 Å². The van der Waals surface area contributed by atoms with Crippen molar-refractivity contribution in [3.05, 3.63) is 12.7 Å². The molecule has 1 heterocycles. The number of hydrogen-bond donors (Lipinski definition) is 0. The second-order valence-electron chi connectivity index (χ2n) is 7.22. The maximum Gasteiger partial charge on any atom is 0.184 e.